The van der Waals surface area contributed by atoms with Gasteiger partial charge in [-0.2, -0.15) is 0 Å². The summed E-state index contributed by atoms with van der Waals surface area (Å²) in [5.41, 5.74) is 2.78. The van der Waals surface area contributed by atoms with Crippen molar-refractivity contribution in [3.8, 4) is 0 Å². The molecular weight excluding hydrogens is 248 g/mol. The molecule has 0 aliphatic carbocycles. The number of nitrogens with one attached hydrogen (secondary N) is 1. The molecule has 0 aliphatic rings. The first kappa shape index (κ1) is 10.9. The molecule has 3 N–H and O–H groups in total. The summed E-state index contributed by atoms with van der Waals surface area (Å²) in [6, 6.07) is 2.34. The van der Waals surface area contributed by atoms with Crippen molar-refractivity contribution in [2.45, 2.75) is 18.9 Å². The summed E-state index contributed by atoms with van der Waals surface area (Å²) < 4.78 is 1.17. The Bertz CT molecular complexity index is 272. The minimum Gasteiger partial charge on any atom is -0.271 e. The number of rotatable bonds is 5. The maximum absolute atomic E-state index is 5.42. The summed E-state index contributed by atoms with van der Waals surface area (Å²) in [5.74, 6) is 5.42. The summed E-state index contributed by atoms with van der Waals surface area (Å²) in [6.07, 6.45) is 3.72. The van der Waals surface area contributed by atoms with Crippen molar-refractivity contribution in [1.29, 1.82) is 0 Å². The fourth-order valence-corrected chi connectivity index (χ4v) is 2.70. The van der Waals surface area contributed by atoms with E-state index in [2.05, 4.69) is 39.4 Å². The van der Waals surface area contributed by atoms with E-state index >= 15 is 0 Å². The van der Waals surface area contributed by atoms with Crippen molar-refractivity contribution < 1.29 is 0 Å². The predicted molar refractivity (Wildman–Crippen MR) is 61.6 cm³/mol. The lowest BCUT2D eigenvalue weighted by Crippen LogP contribution is -2.36. The highest BCUT2D eigenvalue weighted by Crippen LogP contribution is 2.24. The Hall–Kier alpha value is -0.160. The van der Waals surface area contributed by atoms with Gasteiger partial charge in [-0.15, -0.1) is 17.9 Å². The molecule has 0 aromatic carbocycles. The SMILES string of the molecule is C=CCC(Cc1sccc1Br)NN. The van der Waals surface area contributed by atoms with Crippen LogP contribution in [0.15, 0.2) is 28.6 Å². The highest BCUT2D eigenvalue weighted by molar-refractivity contribution is 9.10. The Morgan fingerprint density at radius 3 is 3.00 bits per heavy atom. The lowest BCUT2D eigenvalue weighted by atomic mass is 10.1. The largest absolute Gasteiger partial charge is 0.271 e. The van der Waals surface area contributed by atoms with Crippen LogP contribution in [0, 0.1) is 0 Å². The van der Waals surface area contributed by atoms with Crippen molar-refractivity contribution in [1.82, 2.24) is 5.43 Å². The third kappa shape index (κ3) is 3.23. The van der Waals surface area contributed by atoms with E-state index in [1.165, 1.54) is 9.35 Å². The number of hydrogen-bond acceptors (Lipinski definition) is 3. The van der Waals surface area contributed by atoms with Crippen LogP contribution >= 0.6 is 27.3 Å². The second kappa shape index (κ2) is 5.54. The Balaban J connectivity index is 2.55. The second-order valence-electron chi connectivity index (χ2n) is 2.78. The summed E-state index contributed by atoms with van der Waals surface area (Å²) in [7, 11) is 0. The van der Waals surface area contributed by atoms with Crippen LogP contribution in [0.1, 0.15) is 11.3 Å². The van der Waals surface area contributed by atoms with Gasteiger partial charge in [0.2, 0.25) is 0 Å². The second-order valence-corrected chi connectivity index (χ2v) is 4.64. The Morgan fingerprint density at radius 1 is 1.77 bits per heavy atom. The molecule has 0 bridgehead atoms. The quantitative estimate of drug-likeness (QED) is 0.485. The normalized spacial score (nSPS) is 12.8. The van der Waals surface area contributed by atoms with Crippen LogP contribution in [-0.2, 0) is 6.42 Å². The molecule has 1 heterocycles. The van der Waals surface area contributed by atoms with E-state index in [0.717, 1.165) is 12.8 Å². The zero-order valence-corrected chi connectivity index (χ0v) is 9.70. The molecule has 0 saturated heterocycles. The van der Waals surface area contributed by atoms with Gasteiger partial charge >= 0.3 is 0 Å². The lowest BCUT2D eigenvalue weighted by molar-refractivity contribution is 0.533. The first-order chi connectivity index (χ1) is 6.27. The zero-order valence-electron chi connectivity index (χ0n) is 7.29. The van der Waals surface area contributed by atoms with Gasteiger partial charge in [-0.3, -0.25) is 11.3 Å². The highest BCUT2D eigenvalue weighted by Gasteiger charge is 2.08. The van der Waals surface area contributed by atoms with Gasteiger partial charge in [0.05, 0.1) is 0 Å². The van der Waals surface area contributed by atoms with Crippen LogP contribution in [0.2, 0.25) is 0 Å². The maximum atomic E-state index is 5.42. The Kier molecular flexibility index (Phi) is 4.66. The van der Waals surface area contributed by atoms with Gasteiger partial charge < -0.3 is 0 Å². The monoisotopic (exact) mass is 260 g/mol. The van der Waals surface area contributed by atoms with Crippen LogP contribution in [-0.4, -0.2) is 6.04 Å². The Morgan fingerprint density at radius 2 is 2.54 bits per heavy atom. The van der Waals surface area contributed by atoms with E-state index in [0.29, 0.717) is 0 Å². The minimum absolute atomic E-state index is 0.285. The van der Waals surface area contributed by atoms with E-state index in [-0.39, 0.29) is 6.04 Å². The smallest absolute Gasteiger partial charge is 0.0314 e. The average molecular weight is 261 g/mol. The fraction of sp³-hybridized carbons (Fsp3) is 0.333. The van der Waals surface area contributed by atoms with Gasteiger partial charge in [0.25, 0.3) is 0 Å². The fourth-order valence-electron chi connectivity index (χ4n) is 1.11. The molecule has 72 valence electrons. The molecule has 1 aromatic heterocycles. The number of hydrogen-bond donors (Lipinski definition) is 2. The number of hydrazine groups is 1. The van der Waals surface area contributed by atoms with Gasteiger partial charge in [-0.05, 0) is 40.2 Å². The number of nitrogens with two attached hydrogens (primary N) is 1. The number of halogens is 1. The summed E-state index contributed by atoms with van der Waals surface area (Å²) in [5, 5.41) is 2.07. The van der Waals surface area contributed by atoms with Gasteiger partial charge in [-0.1, -0.05) is 6.08 Å². The zero-order chi connectivity index (χ0) is 9.68. The lowest BCUT2D eigenvalue weighted by Gasteiger charge is -2.12. The molecule has 0 fully saturated rings. The van der Waals surface area contributed by atoms with Crippen LogP contribution in [0.25, 0.3) is 0 Å². The molecule has 1 unspecified atom stereocenters. The molecule has 2 nitrogen and oxygen atoms in total. The average Bonchev–Trinajstić information content (AvgIpc) is 2.51. The first-order valence-electron chi connectivity index (χ1n) is 4.06. The summed E-state index contributed by atoms with van der Waals surface area (Å²) in [4.78, 5) is 1.32. The van der Waals surface area contributed by atoms with Crippen LogP contribution in [0.5, 0.6) is 0 Å². The van der Waals surface area contributed by atoms with Gasteiger partial charge in [0, 0.05) is 15.4 Å². The molecule has 4 heteroatoms. The topological polar surface area (TPSA) is 38.0 Å². The van der Waals surface area contributed by atoms with Crippen LogP contribution in [0.3, 0.4) is 0 Å². The van der Waals surface area contributed by atoms with Gasteiger partial charge in [-0.25, -0.2) is 0 Å². The van der Waals surface area contributed by atoms with Gasteiger partial charge in [0.15, 0.2) is 0 Å². The molecular formula is C9H13BrN2S. The van der Waals surface area contributed by atoms with E-state index in [1.807, 2.05) is 6.08 Å². The van der Waals surface area contributed by atoms with E-state index < -0.39 is 0 Å². The van der Waals surface area contributed by atoms with E-state index in [1.54, 1.807) is 11.3 Å². The van der Waals surface area contributed by atoms with E-state index in [9.17, 15) is 0 Å². The molecule has 0 aliphatic heterocycles. The van der Waals surface area contributed by atoms with Crippen molar-refractivity contribution in [2.24, 2.45) is 5.84 Å². The Labute approximate surface area is 90.9 Å². The third-order valence-electron chi connectivity index (χ3n) is 1.81. The molecule has 1 atom stereocenters. The van der Waals surface area contributed by atoms with Crippen LogP contribution < -0.4 is 11.3 Å². The van der Waals surface area contributed by atoms with Gasteiger partial charge in [0.1, 0.15) is 0 Å². The summed E-state index contributed by atoms with van der Waals surface area (Å²) in [6.45, 7) is 3.70. The van der Waals surface area contributed by atoms with Crippen molar-refractivity contribution in [3.05, 3.63) is 33.5 Å². The van der Waals surface area contributed by atoms with Crippen molar-refractivity contribution >= 4 is 27.3 Å². The van der Waals surface area contributed by atoms with Crippen molar-refractivity contribution in [2.75, 3.05) is 0 Å². The molecule has 0 saturated carbocycles. The van der Waals surface area contributed by atoms with Crippen LogP contribution in [0.4, 0.5) is 0 Å². The minimum atomic E-state index is 0.285. The third-order valence-corrected chi connectivity index (χ3v) is 3.76. The van der Waals surface area contributed by atoms with Crippen molar-refractivity contribution in [3.63, 3.8) is 0 Å². The molecule has 0 amide bonds. The van der Waals surface area contributed by atoms with E-state index in [4.69, 9.17) is 5.84 Å². The standard InChI is InChI=1S/C9H13BrN2S/c1-2-3-7(12-11)6-9-8(10)4-5-13-9/h2,4-5,7,12H,1,3,6,11H2. The number of thiophene rings is 1. The molecule has 0 radical (unpaired) electrons. The predicted octanol–water partition coefficient (Wildman–Crippen LogP) is 2.46. The summed E-state index contributed by atoms with van der Waals surface area (Å²) >= 11 is 5.23. The molecule has 0 spiro atoms. The molecule has 1 aromatic rings. The molecule has 1 rings (SSSR count). The molecule has 13 heavy (non-hydrogen) atoms. The maximum Gasteiger partial charge on any atom is 0.0314 e. The highest BCUT2D eigenvalue weighted by atomic mass is 79.9. The first-order valence-corrected chi connectivity index (χ1v) is 5.74.